The van der Waals surface area contributed by atoms with Crippen molar-refractivity contribution in [1.29, 1.82) is 0 Å². The van der Waals surface area contributed by atoms with Gasteiger partial charge in [-0.05, 0) is 13.3 Å². The van der Waals surface area contributed by atoms with Crippen molar-refractivity contribution in [1.82, 2.24) is 20.0 Å². The van der Waals surface area contributed by atoms with Crippen LogP contribution in [-0.4, -0.2) is 40.7 Å². The Balaban J connectivity index is 2.43. The lowest BCUT2D eigenvalue weighted by molar-refractivity contribution is -0.128. The van der Waals surface area contributed by atoms with Crippen molar-refractivity contribution in [2.75, 3.05) is 20.1 Å². The van der Waals surface area contributed by atoms with Crippen LogP contribution in [0.1, 0.15) is 25.1 Å². The van der Waals surface area contributed by atoms with Crippen molar-refractivity contribution in [3.05, 3.63) is 17.5 Å². The molecule has 1 amide bonds. The van der Waals surface area contributed by atoms with E-state index in [9.17, 15) is 4.79 Å². The van der Waals surface area contributed by atoms with Gasteiger partial charge < -0.3 is 10.2 Å². The summed E-state index contributed by atoms with van der Waals surface area (Å²) >= 11 is 0. The van der Waals surface area contributed by atoms with Crippen LogP contribution >= 0.6 is 0 Å². The molecular formula is C12H22N4O. The maximum atomic E-state index is 11.6. The number of likely N-dealkylation sites (N-methyl/N-ethyl adjacent to an activating group) is 1. The van der Waals surface area contributed by atoms with Crippen LogP contribution in [0.2, 0.25) is 0 Å². The second-order valence-electron chi connectivity index (χ2n) is 4.14. The molecule has 0 spiro atoms. The molecule has 0 aromatic carbocycles. The van der Waals surface area contributed by atoms with Crippen molar-refractivity contribution >= 4 is 5.91 Å². The summed E-state index contributed by atoms with van der Waals surface area (Å²) < 4.78 is 1.82. The Labute approximate surface area is 103 Å². The van der Waals surface area contributed by atoms with Crippen LogP contribution < -0.4 is 5.32 Å². The Morgan fingerprint density at radius 1 is 1.53 bits per heavy atom. The van der Waals surface area contributed by atoms with E-state index in [1.165, 1.54) is 5.56 Å². The average molecular weight is 238 g/mol. The summed E-state index contributed by atoms with van der Waals surface area (Å²) in [6, 6.07) is 0. The molecule has 0 fully saturated rings. The fraction of sp³-hybridized carbons (Fsp3) is 0.667. The molecule has 0 unspecified atom stereocenters. The van der Waals surface area contributed by atoms with Gasteiger partial charge in [0.2, 0.25) is 5.91 Å². The number of hydrogen-bond acceptors (Lipinski definition) is 3. The molecule has 17 heavy (non-hydrogen) atoms. The summed E-state index contributed by atoms with van der Waals surface area (Å²) in [5.74, 6) is 0.120. The van der Waals surface area contributed by atoms with Crippen LogP contribution in [0.4, 0.5) is 0 Å². The number of rotatable bonds is 6. The smallest absolute Gasteiger partial charge is 0.236 e. The van der Waals surface area contributed by atoms with Crippen molar-refractivity contribution in [3.8, 4) is 0 Å². The highest BCUT2D eigenvalue weighted by atomic mass is 16.2. The summed E-state index contributed by atoms with van der Waals surface area (Å²) in [6.45, 7) is 5.87. The molecule has 5 heteroatoms. The fourth-order valence-electron chi connectivity index (χ4n) is 1.64. The highest BCUT2D eigenvalue weighted by Crippen LogP contribution is 2.06. The molecule has 0 saturated heterocycles. The minimum absolute atomic E-state index is 0.120. The molecule has 0 atom stereocenters. The first-order valence-corrected chi connectivity index (χ1v) is 6.04. The maximum absolute atomic E-state index is 11.6. The lowest BCUT2D eigenvalue weighted by Gasteiger charge is -2.14. The van der Waals surface area contributed by atoms with Gasteiger partial charge in [-0.25, -0.2) is 0 Å². The molecule has 1 heterocycles. The highest BCUT2D eigenvalue weighted by molar-refractivity contribution is 5.77. The van der Waals surface area contributed by atoms with Gasteiger partial charge in [0.25, 0.3) is 0 Å². The number of nitrogens with zero attached hydrogens (tertiary/aromatic N) is 3. The molecule has 5 nitrogen and oxygen atoms in total. The quantitative estimate of drug-likeness (QED) is 0.787. The van der Waals surface area contributed by atoms with Crippen LogP contribution in [0.3, 0.4) is 0 Å². The summed E-state index contributed by atoms with van der Waals surface area (Å²) in [6.07, 6.45) is 2.92. The van der Waals surface area contributed by atoms with Crippen LogP contribution in [0.25, 0.3) is 0 Å². The number of aryl methyl sites for hydroxylation is 2. The van der Waals surface area contributed by atoms with Gasteiger partial charge in [0.05, 0.1) is 12.2 Å². The summed E-state index contributed by atoms with van der Waals surface area (Å²) in [7, 11) is 3.73. The van der Waals surface area contributed by atoms with E-state index in [0.717, 1.165) is 18.7 Å². The Hall–Kier alpha value is -1.36. The van der Waals surface area contributed by atoms with Gasteiger partial charge in [0.1, 0.15) is 0 Å². The first kappa shape index (κ1) is 13.7. The number of hydrogen-bond donors (Lipinski definition) is 1. The minimum Gasteiger partial charge on any atom is -0.345 e. The van der Waals surface area contributed by atoms with E-state index in [2.05, 4.69) is 17.3 Å². The van der Waals surface area contributed by atoms with Crippen molar-refractivity contribution in [3.63, 3.8) is 0 Å². The molecule has 1 rings (SSSR count). The maximum Gasteiger partial charge on any atom is 0.236 e. The molecule has 96 valence electrons. The topological polar surface area (TPSA) is 50.2 Å². The number of nitrogens with one attached hydrogen (secondary N) is 1. The summed E-state index contributed by atoms with van der Waals surface area (Å²) in [5.41, 5.74) is 2.26. The number of amides is 1. The van der Waals surface area contributed by atoms with Crippen LogP contribution in [-0.2, 0) is 24.8 Å². The van der Waals surface area contributed by atoms with Gasteiger partial charge in [-0.3, -0.25) is 9.48 Å². The lowest BCUT2D eigenvalue weighted by Crippen LogP contribution is -2.35. The number of aromatic nitrogens is 2. The molecule has 0 aliphatic carbocycles. The third kappa shape index (κ3) is 3.85. The molecule has 0 radical (unpaired) electrons. The predicted molar refractivity (Wildman–Crippen MR) is 67.6 cm³/mol. The minimum atomic E-state index is 0.120. The first-order valence-electron chi connectivity index (χ1n) is 6.04. The van der Waals surface area contributed by atoms with E-state index in [4.69, 9.17) is 0 Å². The first-order chi connectivity index (χ1) is 8.08. The Bertz CT molecular complexity index is 373. The normalized spacial score (nSPS) is 10.6. The predicted octanol–water partition coefficient (Wildman–Crippen LogP) is 0.550. The third-order valence-corrected chi connectivity index (χ3v) is 2.82. The Morgan fingerprint density at radius 3 is 2.82 bits per heavy atom. The zero-order valence-corrected chi connectivity index (χ0v) is 11.2. The van der Waals surface area contributed by atoms with Gasteiger partial charge >= 0.3 is 0 Å². The number of carbonyl (C=O) groups is 1. The Morgan fingerprint density at radius 2 is 2.24 bits per heavy atom. The van der Waals surface area contributed by atoms with Gasteiger partial charge in [0.15, 0.2) is 0 Å². The zero-order chi connectivity index (χ0) is 12.8. The van der Waals surface area contributed by atoms with Gasteiger partial charge in [0, 0.05) is 38.9 Å². The second-order valence-corrected chi connectivity index (χ2v) is 4.14. The van der Waals surface area contributed by atoms with Crippen LogP contribution in [0, 0.1) is 0 Å². The van der Waals surface area contributed by atoms with Crippen LogP contribution in [0.5, 0.6) is 0 Å². The fourth-order valence-corrected chi connectivity index (χ4v) is 1.64. The largest absolute Gasteiger partial charge is 0.345 e. The summed E-state index contributed by atoms with van der Waals surface area (Å²) in [5, 5.41) is 7.52. The van der Waals surface area contributed by atoms with E-state index < -0.39 is 0 Å². The average Bonchev–Trinajstić information content (AvgIpc) is 2.68. The van der Waals surface area contributed by atoms with E-state index in [1.807, 2.05) is 31.9 Å². The third-order valence-electron chi connectivity index (χ3n) is 2.82. The number of carbonyl (C=O) groups excluding carboxylic acids is 1. The van der Waals surface area contributed by atoms with Gasteiger partial charge in [-0.15, -0.1) is 0 Å². The van der Waals surface area contributed by atoms with E-state index in [0.29, 0.717) is 13.1 Å². The van der Waals surface area contributed by atoms with E-state index in [-0.39, 0.29) is 5.91 Å². The second kappa shape index (κ2) is 6.39. The molecule has 0 saturated carbocycles. The molecule has 0 aliphatic heterocycles. The molecule has 1 aromatic rings. The molecule has 1 N–H and O–H groups in total. The van der Waals surface area contributed by atoms with E-state index >= 15 is 0 Å². The lowest BCUT2D eigenvalue weighted by atomic mass is 10.2. The highest BCUT2D eigenvalue weighted by Gasteiger charge is 2.08. The summed E-state index contributed by atoms with van der Waals surface area (Å²) in [4.78, 5) is 13.3. The van der Waals surface area contributed by atoms with Crippen molar-refractivity contribution in [2.45, 2.75) is 26.8 Å². The monoisotopic (exact) mass is 238 g/mol. The van der Waals surface area contributed by atoms with E-state index in [1.54, 1.807) is 4.90 Å². The van der Waals surface area contributed by atoms with Crippen molar-refractivity contribution in [2.24, 2.45) is 7.05 Å². The molecule has 1 aromatic heterocycles. The molecule has 0 bridgehead atoms. The van der Waals surface area contributed by atoms with Gasteiger partial charge in [-0.2, -0.15) is 5.10 Å². The zero-order valence-electron chi connectivity index (χ0n) is 11.2. The standard InChI is InChI=1S/C12H22N4O/c1-5-11-10(9-16(4)14-11)7-13-8-12(17)15(3)6-2/h9,13H,5-8H2,1-4H3. The molecular weight excluding hydrogens is 216 g/mol. The Kier molecular flexibility index (Phi) is 5.15. The van der Waals surface area contributed by atoms with Crippen molar-refractivity contribution < 1.29 is 4.79 Å². The SMILES string of the molecule is CCc1nn(C)cc1CNCC(=O)N(C)CC. The van der Waals surface area contributed by atoms with Crippen LogP contribution in [0.15, 0.2) is 6.20 Å². The molecule has 0 aliphatic rings. The van der Waals surface area contributed by atoms with Gasteiger partial charge in [-0.1, -0.05) is 6.92 Å².